The van der Waals surface area contributed by atoms with Crippen molar-refractivity contribution in [1.82, 2.24) is 9.97 Å². The Balaban J connectivity index is 1.80. The van der Waals surface area contributed by atoms with Crippen molar-refractivity contribution in [3.8, 4) is 0 Å². The van der Waals surface area contributed by atoms with Crippen LogP contribution in [0, 0.1) is 18.8 Å². The average Bonchev–Trinajstić information content (AvgIpc) is 2.38. The van der Waals surface area contributed by atoms with Gasteiger partial charge in [0.1, 0.15) is 0 Å². The highest BCUT2D eigenvalue weighted by Gasteiger charge is 2.31. The summed E-state index contributed by atoms with van der Waals surface area (Å²) in [5.74, 6) is 2.51. The molecular formula is C14H21N3O. The first kappa shape index (κ1) is 11.9. The predicted molar refractivity (Wildman–Crippen MR) is 70.4 cm³/mol. The zero-order chi connectivity index (χ0) is 12.5. The summed E-state index contributed by atoms with van der Waals surface area (Å²) >= 11 is 0. The summed E-state index contributed by atoms with van der Waals surface area (Å²) < 4.78 is 0. The molecule has 1 saturated heterocycles. The lowest BCUT2D eigenvalue weighted by Gasteiger charge is -2.41. The van der Waals surface area contributed by atoms with Crippen molar-refractivity contribution < 1.29 is 5.11 Å². The molecule has 3 rings (SSSR count). The second-order valence-electron chi connectivity index (χ2n) is 5.74. The van der Waals surface area contributed by atoms with Gasteiger partial charge in [0, 0.05) is 30.5 Å². The first-order valence-electron chi connectivity index (χ1n) is 6.94. The SMILES string of the molecule is Cc1nc(N2CC3CCCC(C3)C2)ncc1CO. The minimum atomic E-state index is 0.0252. The lowest BCUT2D eigenvalue weighted by Crippen LogP contribution is -2.43. The van der Waals surface area contributed by atoms with Crippen molar-refractivity contribution in [3.63, 3.8) is 0 Å². The number of anilines is 1. The van der Waals surface area contributed by atoms with Crippen LogP contribution in [0.15, 0.2) is 6.20 Å². The molecule has 1 N–H and O–H groups in total. The lowest BCUT2D eigenvalue weighted by molar-refractivity contribution is 0.229. The quantitative estimate of drug-likeness (QED) is 0.867. The molecule has 0 amide bonds. The molecule has 98 valence electrons. The van der Waals surface area contributed by atoms with Crippen LogP contribution in [0.1, 0.15) is 36.9 Å². The van der Waals surface area contributed by atoms with Crippen LogP contribution < -0.4 is 4.90 Å². The maximum absolute atomic E-state index is 9.16. The molecule has 2 atom stereocenters. The van der Waals surface area contributed by atoms with Gasteiger partial charge in [-0.05, 0) is 38.0 Å². The Bertz CT molecular complexity index is 423. The summed E-state index contributed by atoms with van der Waals surface area (Å²) in [5.41, 5.74) is 1.73. The zero-order valence-electron chi connectivity index (χ0n) is 11.0. The van der Waals surface area contributed by atoms with E-state index in [1.807, 2.05) is 6.92 Å². The Labute approximate surface area is 108 Å². The van der Waals surface area contributed by atoms with E-state index in [1.165, 1.54) is 25.7 Å². The number of hydrogen-bond acceptors (Lipinski definition) is 4. The highest BCUT2D eigenvalue weighted by Crippen LogP contribution is 2.35. The van der Waals surface area contributed by atoms with E-state index in [9.17, 15) is 0 Å². The van der Waals surface area contributed by atoms with Crippen molar-refractivity contribution in [2.75, 3.05) is 18.0 Å². The van der Waals surface area contributed by atoms with Crippen molar-refractivity contribution in [1.29, 1.82) is 0 Å². The van der Waals surface area contributed by atoms with Gasteiger partial charge in [0.15, 0.2) is 0 Å². The first-order chi connectivity index (χ1) is 8.76. The van der Waals surface area contributed by atoms with E-state index in [-0.39, 0.29) is 6.61 Å². The number of nitrogens with zero attached hydrogens (tertiary/aromatic N) is 3. The summed E-state index contributed by atoms with van der Waals surface area (Å²) in [6.45, 7) is 4.18. The van der Waals surface area contributed by atoms with Gasteiger partial charge in [-0.3, -0.25) is 0 Å². The summed E-state index contributed by atoms with van der Waals surface area (Å²) in [7, 11) is 0. The Morgan fingerprint density at radius 1 is 1.33 bits per heavy atom. The number of aromatic nitrogens is 2. The number of aryl methyl sites for hydroxylation is 1. The number of rotatable bonds is 2. The van der Waals surface area contributed by atoms with E-state index in [1.54, 1.807) is 6.20 Å². The summed E-state index contributed by atoms with van der Waals surface area (Å²) in [4.78, 5) is 11.3. The van der Waals surface area contributed by atoms with Crippen LogP contribution in [0.5, 0.6) is 0 Å². The number of aliphatic hydroxyl groups is 1. The van der Waals surface area contributed by atoms with E-state index < -0.39 is 0 Å². The minimum Gasteiger partial charge on any atom is -0.392 e. The van der Waals surface area contributed by atoms with Gasteiger partial charge in [-0.25, -0.2) is 9.97 Å². The second-order valence-corrected chi connectivity index (χ2v) is 5.74. The molecule has 2 aliphatic rings. The normalized spacial score (nSPS) is 27.3. The van der Waals surface area contributed by atoms with Gasteiger partial charge in [0.25, 0.3) is 0 Å². The van der Waals surface area contributed by atoms with Crippen molar-refractivity contribution in [2.45, 2.75) is 39.2 Å². The second kappa shape index (κ2) is 4.84. The largest absolute Gasteiger partial charge is 0.392 e. The monoisotopic (exact) mass is 247 g/mol. The molecule has 0 radical (unpaired) electrons. The maximum Gasteiger partial charge on any atom is 0.225 e. The molecule has 1 aliphatic carbocycles. The van der Waals surface area contributed by atoms with Gasteiger partial charge < -0.3 is 10.0 Å². The summed E-state index contributed by atoms with van der Waals surface area (Å²) in [6.07, 6.45) is 7.28. The minimum absolute atomic E-state index is 0.0252. The van der Waals surface area contributed by atoms with Gasteiger partial charge in [0.05, 0.1) is 6.61 Å². The van der Waals surface area contributed by atoms with E-state index in [2.05, 4.69) is 14.9 Å². The number of fused-ring (bicyclic) bond motifs is 2. The fourth-order valence-corrected chi connectivity index (χ4v) is 3.38. The van der Waals surface area contributed by atoms with E-state index in [4.69, 9.17) is 5.11 Å². The molecule has 18 heavy (non-hydrogen) atoms. The molecule has 1 aromatic rings. The fourth-order valence-electron chi connectivity index (χ4n) is 3.38. The number of piperidine rings is 1. The third-order valence-corrected chi connectivity index (χ3v) is 4.37. The van der Waals surface area contributed by atoms with Crippen LogP contribution in [0.2, 0.25) is 0 Å². The zero-order valence-corrected chi connectivity index (χ0v) is 11.0. The van der Waals surface area contributed by atoms with Gasteiger partial charge in [0.2, 0.25) is 5.95 Å². The third-order valence-electron chi connectivity index (χ3n) is 4.37. The molecule has 1 saturated carbocycles. The van der Waals surface area contributed by atoms with Crippen molar-refractivity contribution >= 4 is 5.95 Å². The van der Waals surface area contributed by atoms with Crippen LogP contribution in [0.3, 0.4) is 0 Å². The summed E-state index contributed by atoms with van der Waals surface area (Å²) in [5, 5.41) is 9.16. The molecule has 4 nitrogen and oxygen atoms in total. The average molecular weight is 247 g/mol. The molecule has 2 unspecified atom stereocenters. The number of aliphatic hydroxyl groups excluding tert-OH is 1. The van der Waals surface area contributed by atoms with E-state index in [0.717, 1.165) is 42.1 Å². The molecule has 0 spiro atoms. The Kier molecular flexibility index (Phi) is 3.20. The maximum atomic E-state index is 9.16. The van der Waals surface area contributed by atoms with Crippen LogP contribution in [0.25, 0.3) is 0 Å². The smallest absolute Gasteiger partial charge is 0.225 e. The molecule has 2 bridgehead atoms. The van der Waals surface area contributed by atoms with Crippen molar-refractivity contribution in [2.24, 2.45) is 11.8 Å². The lowest BCUT2D eigenvalue weighted by atomic mass is 9.78. The van der Waals surface area contributed by atoms with E-state index in [0.29, 0.717) is 0 Å². The Hall–Kier alpha value is -1.16. The van der Waals surface area contributed by atoms with Crippen LogP contribution >= 0.6 is 0 Å². The molecule has 4 heteroatoms. The fraction of sp³-hybridized carbons (Fsp3) is 0.714. The first-order valence-corrected chi connectivity index (χ1v) is 6.94. The molecule has 1 aliphatic heterocycles. The Morgan fingerprint density at radius 3 is 2.67 bits per heavy atom. The molecule has 1 aromatic heterocycles. The molecule has 2 fully saturated rings. The Morgan fingerprint density at radius 2 is 2.06 bits per heavy atom. The van der Waals surface area contributed by atoms with Crippen LogP contribution in [-0.2, 0) is 6.61 Å². The number of hydrogen-bond donors (Lipinski definition) is 1. The predicted octanol–water partition coefficient (Wildman–Crippen LogP) is 1.90. The molecule has 0 aromatic carbocycles. The van der Waals surface area contributed by atoms with Gasteiger partial charge >= 0.3 is 0 Å². The van der Waals surface area contributed by atoms with Crippen molar-refractivity contribution in [3.05, 3.63) is 17.5 Å². The standard InChI is InChI=1S/C14H21N3O/c1-10-13(9-18)6-15-14(16-10)17-7-11-3-2-4-12(5-11)8-17/h6,11-12,18H,2-5,7-9H2,1H3. The summed E-state index contributed by atoms with van der Waals surface area (Å²) in [6, 6.07) is 0. The van der Waals surface area contributed by atoms with Gasteiger partial charge in [-0.1, -0.05) is 6.42 Å². The highest BCUT2D eigenvalue weighted by molar-refractivity contribution is 5.34. The van der Waals surface area contributed by atoms with Gasteiger partial charge in [-0.2, -0.15) is 0 Å². The van der Waals surface area contributed by atoms with Crippen LogP contribution in [-0.4, -0.2) is 28.2 Å². The van der Waals surface area contributed by atoms with E-state index >= 15 is 0 Å². The van der Waals surface area contributed by atoms with Crippen LogP contribution in [0.4, 0.5) is 5.95 Å². The molecular weight excluding hydrogens is 226 g/mol. The highest BCUT2D eigenvalue weighted by atomic mass is 16.3. The molecule has 2 heterocycles. The van der Waals surface area contributed by atoms with Gasteiger partial charge in [-0.15, -0.1) is 0 Å². The topological polar surface area (TPSA) is 49.2 Å². The third kappa shape index (κ3) is 2.21.